The van der Waals surface area contributed by atoms with Gasteiger partial charge in [0, 0.05) is 51.3 Å². The molecule has 7 nitrogen and oxygen atoms in total. The Kier molecular flexibility index (Phi) is 7.83. The number of hydrogen-bond acceptors (Lipinski definition) is 4. The minimum Gasteiger partial charge on any atom is -0.370 e. The molecule has 0 saturated carbocycles. The Morgan fingerprint density at radius 3 is 2.96 bits per heavy atom. The van der Waals surface area contributed by atoms with Crippen LogP contribution in [-0.4, -0.2) is 58.9 Å². The Hall–Kier alpha value is -1.68. The molecule has 0 aromatic carbocycles. The number of hydrogen-bond donors (Lipinski definition) is 1. The monoisotopic (exact) mass is 470 g/mol. The summed E-state index contributed by atoms with van der Waals surface area (Å²) in [6.07, 6.45) is 8.61. The molecule has 2 aromatic rings. The van der Waals surface area contributed by atoms with E-state index in [4.69, 9.17) is 4.74 Å². The van der Waals surface area contributed by atoms with E-state index in [1.165, 1.54) is 11.1 Å². The second-order valence-electron chi connectivity index (χ2n) is 6.28. The van der Waals surface area contributed by atoms with Crippen LogP contribution in [0.15, 0.2) is 35.8 Å². The minimum absolute atomic E-state index is 0. The van der Waals surface area contributed by atoms with Crippen LogP contribution in [-0.2, 0) is 18.2 Å². The average molecular weight is 470 g/mol. The maximum absolute atomic E-state index is 5.91. The van der Waals surface area contributed by atoms with E-state index in [-0.39, 0.29) is 30.1 Å². The number of guanidine groups is 1. The lowest BCUT2D eigenvalue weighted by Gasteiger charge is -2.34. The Morgan fingerprint density at radius 2 is 2.27 bits per heavy atom. The van der Waals surface area contributed by atoms with E-state index in [9.17, 15) is 0 Å². The highest BCUT2D eigenvalue weighted by Crippen LogP contribution is 2.21. The van der Waals surface area contributed by atoms with Crippen molar-refractivity contribution in [2.24, 2.45) is 12.0 Å². The van der Waals surface area contributed by atoms with E-state index in [0.717, 1.165) is 37.6 Å². The average Bonchev–Trinajstić information content (AvgIpc) is 3.07. The number of aryl methyl sites for hydroxylation is 2. The van der Waals surface area contributed by atoms with Crippen LogP contribution in [0, 0.1) is 6.92 Å². The Bertz CT molecular complexity index is 732. The van der Waals surface area contributed by atoms with Crippen LogP contribution in [0.25, 0.3) is 0 Å². The number of rotatable bonds is 4. The second-order valence-corrected chi connectivity index (χ2v) is 6.28. The lowest BCUT2D eigenvalue weighted by Crippen LogP contribution is -2.48. The Morgan fingerprint density at radius 1 is 1.42 bits per heavy atom. The van der Waals surface area contributed by atoms with Crippen molar-refractivity contribution in [3.63, 3.8) is 0 Å². The summed E-state index contributed by atoms with van der Waals surface area (Å²) in [5.41, 5.74) is 3.64. The third-order valence-corrected chi connectivity index (χ3v) is 4.49. The van der Waals surface area contributed by atoms with Crippen LogP contribution in [0.2, 0.25) is 0 Å². The molecule has 1 N–H and O–H groups in total. The molecule has 0 amide bonds. The first-order valence-electron chi connectivity index (χ1n) is 8.62. The summed E-state index contributed by atoms with van der Waals surface area (Å²) in [6.45, 7) is 5.23. The van der Waals surface area contributed by atoms with Crippen LogP contribution >= 0.6 is 24.0 Å². The fourth-order valence-corrected chi connectivity index (χ4v) is 3.07. The van der Waals surface area contributed by atoms with E-state index in [0.29, 0.717) is 6.61 Å². The molecule has 1 aliphatic heterocycles. The van der Waals surface area contributed by atoms with E-state index >= 15 is 0 Å². The standard InChI is InChI=1S/C18H26N6O.HI/c1-14-10-20-6-4-15(14)5-7-21-18(19-2)24-8-9-25-17(13-24)16-11-22-23(3)12-16;/h4,6,10-12,17H,5,7-9,13H2,1-3H3,(H,19,21);1H. The van der Waals surface area contributed by atoms with Crippen LogP contribution in [0.5, 0.6) is 0 Å². The minimum atomic E-state index is 0. The molecule has 1 saturated heterocycles. The largest absolute Gasteiger partial charge is 0.370 e. The molecule has 2 aromatic heterocycles. The number of pyridine rings is 1. The molecule has 3 rings (SSSR count). The molecule has 0 bridgehead atoms. The number of morpholine rings is 1. The van der Waals surface area contributed by atoms with E-state index in [1.807, 2.05) is 43.6 Å². The smallest absolute Gasteiger partial charge is 0.193 e. The zero-order chi connectivity index (χ0) is 17.6. The predicted octanol–water partition coefficient (Wildman–Crippen LogP) is 1.93. The molecule has 0 radical (unpaired) electrons. The van der Waals surface area contributed by atoms with E-state index in [1.54, 1.807) is 0 Å². The van der Waals surface area contributed by atoms with Gasteiger partial charge in [-0.3, -0.25) is 14.7 Å². The number of nitrogens with one attached hydrogen (secondary N) is 1. The third-order valence-electron chi connectivity index (χ3n) is 4.49. The van der Waals surface area contributed by atoms with Crippen molar-refractivity contribution in [3.05, 3.63) is 47.5 Å². The maximum atomic E-state index is 5.91. The summed E-state index contributed by atoms with van der Waals surface area (Å²) >= 11 is 0. The Labute approximate surface area is 171 Å². The number of aliphatic imine (C=N–C) groups is 1. The first-order valence-corrected chi connectivity index (χ1v) is 8.62. The van der Waals surface area contributed by atoms with Gasteiger partial charge in [0.1, 0.15) is 6.10 Å². The van der Waals surface area contributed by atoms with Crippen molar-refractivity contribution in [1.29, 1.82) is 0 Å². The van der Waals surface area contributed by atoms with Crippen molar-refractivity contribution in [2.75, 3.05) is 33.3 Å². The molecule has 0 spiro atoms. The van der Waals surface area contributed by atoms with Crippen molar-refractivity contribution in [1.82, 2.24) is 25.0 Å². The molecule has 3 heterocycles. The highest BCUT2D eigenvalue weighted by atomic mass is 127. The van der Waals surface area contributed by atoms with Gasteiger partial charge in [-0.05, 0) is 30.5 Å². The number of aromatic nitrogens is 3. The van der Waals surface area contributed by atoms with Crippen molar-refractivity contribution in [3.8, 4) is 0 Å². The van der Waals surface area contributed by atoms with Gasteiger partial charge >= 0.3 is 0 Å². The molecule has 1 unspecified atom stereocenters. The first kappa shape index (κ1) is 20.6. The lowest BCUT2D eigenvalue weighted by molar-refractivity contribution is -0.00800. The van der Waals surface area contributed by atoms with Crippen LogP contribution in [0.1, 0.15) is 22.8 Å². The molecular weight excluding hydrogens is 443 g/mol. The van der Waals surface area contributed by atoms with Gasteiger partial charge in [-0.1, -0.05) is 0 Å². The lowest BCUT2D eigenvalue weighted by atomic mass is 10.1. The maximum Gasteiger partial charge on any atom is 0.193 e. The zero-order valence-electron chi connectivity index (χ0n) is 15.6. The SMILES string of the molecule is CN=C(NCCc1ccncc1C)N1CCOC(c2cnn(C)c2)C1.I. The topological polar surface area (TPSA) is 67.6 Å². The third kappa shape index (κ3) is 5.16. The fourth-order valence-electron chi connectivity index (χ4n) is 3.07. The molecular formula is C18H27IN6O. The van der Waals surface area contributed by atoms with Crippen molar-refractivity contribution in [2.45, 2.75) is 19.4 Å². The molecule has 1 atom stereocenters. The summed E-state index contributed by atoms with van der Waals surface area (Å²) in [5, 5.41) is 7.71. The van der Waals surface area contributed by atoms with Gasteiger partial charge in [0.05, 0.1) is 19.3 Å². The molecule has 1 aliphatic rings. The van der Waals surface area contributed by atoms with Gasteiger partial charge in [-0.25, -0.2) is 0 Å². The van der Waals surface area contributed by atoms with Gasteiger partial charge in [0.15, 0.2) is 5.96 Å². The van der Waals surface area contributed by atoms with Gasteiger partial charge < -0.3 is 15.0 Å². The highest BCUT2D eigenvalue weighted by Gasteiger charge is 2.25. The summed E-state index contributed by atoms with van der Waals surface area (Å²) < 4.78 is 7.71. The van der Waals surface area contributed by atoms with Crippen LogP contribution in [0.3, 0.4) is 0 Å². The summed E-state index contributed by atoms with van der Waals surface area (Å²) in [6, 6.07) is 2.08. The van der Waals surface area contributed by atoms with Crippen molar-refractivity contribution < 1.29 is 4.74 Å². The molecule has 0 aliphatic carbocycles. The second kappa shape index (κ2) is 9.86. The summed E-state index contributed by atoms with van der Waals surface area (Å²) in [4.78, 5) is 10.8. The predicted molar refractivity (Wildman–Crippen MR) is 113 cm³/mol. The molecule has 26 heavy (non-hydrogen) atoms. The number of ether oxygens (including phenoxy) is 1. The van der Waals surface area contributed by atoms with E-state index in [2.05, 4.69) is 38.3 Å². The number of nitrogens with zero attached hydrogens (tertiary/aromatic N) is 5. The number of halogens is 1. The van der Waals surface area contributed by atoms with Crippen LogP contribution in [0.4, 0.5) is 0 Å². The van der Waals surface area contributed by atoms with Gasteiger partial charge in [0.2, 0.25) is 0 Å². The zero-order valence-corrected chi connectivity index (χ0v) is 17.9. The van der Waals surface area contributed by atoms with Crippen molar-refractivity contribution >= 4 is 29.9 Å². The van der Waals surface area contributed by atoms with Crippen LogP contribution < -0.4 is 5.32 Å². The Balaban J connectivity index is 0.00000243. The summed E-state index contributed by atoms with van der Waals surface area (Å²) in [7, 11) is 3.75. The first-order chi connectivity index (χ1) is 12.2. The van der Waals surface area contributed by atoms with Gasteiger partial charge in [-0.15, -0.1) is 24.0 Å². The molecule has 142 valence electrons. The van der Waals surface area contributed by atoms with E-state index < -0.39 is 0 Å². The fraction of sp³-hybridized carbons (Fsp3) is 0.500. The highest BCUT2D eigenvalue weighted by molar-refractivity contribution is 14.0. The van der Waals surface area contributed by atoms with Gasteiger partial charge in [0.25, 0.3) is 0 Å². The quantitative estimate of drug-likeness (QED) is 0.421. The summed E-state index contributed by atoms with van der Waals surface area (Å²) in [5.74, 6) is 0.920. The van der Waals surface area contributed by atoms with Gasteiger partial charge in [-0.2, -0.15) is 5.10 Å². The molecule has 1 fully saturated rings. The normalized spacial score (nSPS) is 17.7. The molecule has 8 heteroatoms.